The fourth-order valence-corrected chi connectivity index (χ4v) is 4.47. The molecule has 5 nitrogen and oxygen atoms in total. The number of nitrogens with zero attached hydrogens (tertiary/aromatic N) is 3. The molecule has 0 radical (unpaired) electrons. The highest BCUT2D eigenvalue weighted by molar-refractivity contribution is 8.00. The zero-order chi connectivity index (χ0) is 14.8. The molecule has 1 unspecified atom stereocenters. The Balaban J connectivity index is 1.95. The van der Waals surface area contributed by atoms with Gasteiger partial charge < -0.3 is 9.67 Å². The van der Waals surface area contributed by atoms with Crippen LogP contribution in [0, 0.1) is 6.92 Å². The lowest BCUT2D eigenvalue weighted by Gasteiger charge is -2.12. The molecule has 3 heterocycles. The Morgan fingerprint density at radius 2 is 2.48 bits per heavy atom. The molecule has 0 bridgehead atoms. The second-order valence-corrected chi connectivity index (χ2v) is 7.53. The Hall–Kier alpha value is -1.21. The van der Waals surface area contributed by atoms with Crippen molar-refractivity contribution in [3.63, 3.8) is 0 Å². The van der Waals surface area contributed by atoms with Crippen molar-refractivity contribution in [2.45, 2.75) is 36.7 Å². The van der Waals surface area contributed by atoms with Crippen LogP contribution in [0.25, 0.3) is 11.2 Å². The number of carboxylic acid groups (broad SMARTS) is 1. The van der Waals surface area contributed by atoms with Gasteiger partial charge in [0, 0.05) is 18.0 Å². The summed E-state index contributed by atoms with van der Waals surface area (Å²) in [6.45, 7) is 2.85. The van der Waals surface area contributed by atoms with E-state index in [1.165, 1.54) is 30.4 Å². The van der Waals surface area contributed by atoms with E-state index in [1.807, 2.05) is 30.9 Å². The molecule has 112 valence electrons. The van der Waals surface area contributed by atoms with Gasteiger partial charge in [-0.25, -0.2) is 9.97 Å². The third-order valence-corrected chi connectivity index (χ3v) is 5.76. The molecule has 0 aromatic carbocycles. The SMILES string of the molecule is Cc1cnc2c(c1)nc(SCC(=O)O)n2CC1CCCS1. The summed E-state index contributed by atoms with van der Waals surface area (Å²) < 4.78 is 2.09. The maximum absolute atomic E-state index is 10.8. The van der Waals surface area contributed by atoms with Crippen LogP contribution >= 0.6 is 23.5 Å². The van der Waals surface area contributed by atoms with E-state index in [9.17, 15) is 4.79 Å². The summed E-state index contributed by atoms with van der Waals surface area (Å²) >= 11 is 3.26. The molecule has 1 aliphatic rings. The molecule has 1 fully saturated rings. The summed E-state index contributed by atoms with van der Waals surface area (Å²) in [5, 5.41) is 10.2. The number of pyridine rings is 1. The fourth-order valence-electron chi connectivity index (χ4n) is 2.48. The van der Waals surface area contributed by atoms with Gasteiger partial charge in [-0.15, -0.1) is 0 Å². The molecular weight excluding hydrogens is 306 g/mol. The molecule has 21 heavy (non-hydrogen) atoms. The average molecular weight is 323 g/mol. The van der Waals surface area contributed by atoms with Gasteiger partial charge in [0.1, 0.15) is 5.52 Å². The third-order valence-electron chi connectivity index (χ3n) is 3.42. The van der Waals surface area contributed by atoms with E-state index in [0.29, 0.717) is 5.25 Å². The van der Waals surface area contributed by atoms with Gasteiger partial charge in [0.25, 0.3) is 0 Å². The molecule has 0 amide bonds. The van der Waals surface area contributed by atoms with E-state index >= 15 is 0 Å². The van der Waals surface area contributed by atoms with Crippen molar-refractivity contribution in [3.8, 4) is 0 Å². The number of imidazole rings is 1. The highest BCUT2D eigenvalue weighted by Gasteiger charge is 2.21. The van der Waals surface area contributed by atoms with Crippen molar-refractivity contribution in [2.24, 2.45) is 0 Å². The van der Waals surface area contributed by atoms with Crippen LogP contribution in [0.15, 0.2) is 17.4 Å². The normalized spacial score (nSPS) is 18.4. The molecule has 0 aliphatic carbocycles. The van der Waals surface area contributed by atoms with E-state index in [-0.39, 0.29) is 5.75 Å². The number of fused-ring (bicyclic) bond motifs is 1. The largest absolute Gasteiger partial charge is 0.481 e. The van der Waals surface area contributed by atoms with Crippen LogP contribution < -0.4 is 0 Å². The van der Waals surface area contributed by atoms with Crippen LogP contribution in [0.2, 0.25) is 0 Å². The first-order chi connectivity index (χ1) is 10.1. The standard InChI is InChI=1S/C14H17N3O2S2/c1-9-5-11-13(15-6-9)17(7-10-3-2-4-20-10)14(16-11)21-8-12(18)19/h5-6,10H,2-4,7-8H2,1H3,(H,18,19). The minimum Gasteiger partial charge on any atom is -0.481 e. The van der Waals surface area contributed by atoms with Gasteiger partial charge in [-0.2, -0.15) is 11.8 Å². The molecule has 3 rings (SSSR count). The van der Waals surface area contributed by atoms with Crippen LogP contribution in [0.1, 0.15) is 18.4 Å². The molecular formula is C14H17N3O2S2. The van der Waals surface area contributed by atoms with Gasteiger partial charge in [0.05, 0.1) is 5.75 Å². The summed E-state index contributed by atoms with van der Waals surface area (Å²) in [6, 6.07) is 2.01. The molecule has 1 atom stereocenters. The Kier molecular flexibility index (Phi) is 4.40. The van der Waals surface area contributed by atoms with Gasteiger partial charge in [-0.1, -0.05) is 11.8 Å². The summed E-state index contributed by atoms with van der Waals surface area (Å²) in [5.74, 6) is 0.416. The van der Waals surface area contributed by atoms with Crippen LogP contribution in [-0.2, 0) is 11.3 Å². The number of aryl methyl sites for hydroxylation is 1. The summed E-state index contributed by atoms with van der Waals surface area (Å²) in [5.41, 5.74) is 2.78. The smallest absolute Gasteiger partial charge is 0.313 e. The molecule has 2 aromatic rings. The summed E-state index contributed by atoms with van der Waals surface area (Å²) in [4.78, 5) is 19.9. The first-order valence-electron chi connectivity index (χ1n) is 6.92. The predicted molar refractivity (Wildman–Crippen MR) is 86.1 cm³/mol. The second-order valence-electron chi connectivity index (χ2n) is 5.18. The van der Waals surface area contributed by atoms with E-state index in [0.717, 1.165) is 28.4 Å². The zero-order valence-corrected chi connectivity index (χ0v) is 13.4. The summed E-state index contributed by atoms with van der Waals surface area (Å²) in [7, 11) is 0. The van der Waals surface area contributed by atoms with Gasteiger partial charge in [-0.05, 0) is 37.1 Å². The number of thioether (sulfide) groups is 2. The van der Waals surface area contributed by atoms with Crippen molar-refractivity contribution in [1.29, 1.82) is 0 Å². The minimum atomic E-state index is -0.821. The fraction of sp³-hybridized carbons (Fsp3) is 0.500. The first kappa shape index (κ1) is 14.7. The maximum atomic E-state index is 10.8. The third kappa shape index (κ3) is 3.35. The Labute approximate surface area is 131 Å². The van der Waals surface area contributed by atoms with E-state index in [4.69, 9.17) is 5.11 Å². The number of aromatic nitrogens is 3. The molecule has 0 spiro atoms. The quantitative estimate of drug-likeness (QED) is 0.853. The van der Waals surface area contributed by atoms with E-state index in [1.54, 1.807) is 0 Å². The van der Waals surface area contributed by atoms with Gasteiger partial charge in [0.2, 0.25) is 0 Å². The van der Waals surface area contributed by atoms with Gasteiger partial charge in [-0.3, -0.25) is 4.79 Å². The van der Waals surface area contributed by atoms with Crippen LogP contribution in [0.5, 0.6) is 0 Å². The van der Waals surface area contributed by atoms with Crippen molar-refractivity contribution < 1.29 is 9.90 Å². The molecule has 2 aromatic heterocycles. The Morgan fingerprint density at radius 1 is 1.62 bits per heavy atom. The molecule has 7 heteroatoms. The van der Waals surface area contributed by atoms with E-state index in [2.05, 4.69) is 14.5 Å². The van der Waals surface area contributed by atoms with Crippen molar-refractivity contribution in [1.82, 2.24) is 14.5 Å². The maximum Gasteiger partial charge on any atom is 0.313 e. The Bertz CT molecular complexity index is 666. The minimum absolute atomic E-state index is 0.0279. The predicted octanol–water partition coefficient (Wildman–Crippen LogP) is 2.81. The molecule has 1 saturated heterocycles. The molecule has 1 N–H and O–H groups in total. The summed E-state index contributed by atoms with van der Waals surface area (Å²) in [6.07, 6.45) is 4.30. The van der Waals surface area contributed by atoms with Crippen LogP contribution in [0.3, 0.4) is 0 Å². The van der Waals surface area contributed by atoms with E-state index < -0.39 is 5.97 Å². The number of carboxylic acids is 1. The number of aliphatic carboxylic acids is 1. The monoisotopic (exact) mass is 323 g/mol. The van der Waals surface area contributed by atoms with Gasteiger partial charge >= 0.3 is 5.97 Å². The van der Waals surface area contributed by atoms with Gasteiger partial charge in [0.15, 0.2) is 10.8 Å². The highest BCUT2D eigenvalue weighted by Crippen LogP contribution is 2.31. The number of rotatable bonds is 5. The van der Waals surface area contributed by atoms with Crippen molar-refractivity contribution in [2.75, 3.05) is 11.5 Å². The Morgan fingerprint density at radius 3 is 3.19 bits per heavy atom. The zero-order valence-electron chi connectivity index (χ0n) is 11.8. The van der Waals surface area contributed by atoms with Crippen molar-refractivity contribution >= 4 is 40.7 Å². The van der Waals surface area contributed by atoms with Crippen LogP contribution in [0.4, 0.5) is 0 Å². The lowest BCUT2D eigenvalue weighted by atomic mass is 10.2. The topological polar surface area (TPSA) is 68.0 Å². The number of hydrogen-bond donors (Lipinski definition) is 1. The lowest BCUT2D eigenvalue weighted by molar-refractivity contribution is -0.133. The average Bonchev–Trinajstić information content (AvgIpc) is 3.05. The number of carbonyl (C=O) groups is 1. The second kappa shape index (κ2) is 6.27. The van der Waals surface area contributed by atoms with Crippen LogP contribution in [-0.4, -0.2) is 42.4 Å². The van der Waals surface area contributed by atoms with Crippen molar-refractivity contribution in [3.05, 3.63) is 17.8 Å². The molecule has 0 saturated carbocycles. The molecule has 1 aliphatic heterocycles. The lowest BCUT2D eigenvalue weighted by Crippen LogP contribution is -2.12. The highest BCUT2D eigenvalue weighted by atomic mass is 32.2. The number of hydrogen-bond acceptors (Lipinski definition) is 5. The first-order valence-corrected chi connectivity index (χ1v) is 8.96.